The van der Waals surface area contributed by atoms with Gasteiger partial charge in [-0.25, -0.2) is 0 Å². The summed E-state index contributed by atoms with van der Waals surface area (Å²) in [4.78, 5) is 4.22. The first-order valence-corrected chi connectivity index (χ1v) is 5.05. The fraction of sp³-hybridized carbons (Fsp3) is 0.417. The van der Waals surface area contributed by atoms with Gasteiger partial charge >= 0.3 is 0 Å². The molecule has 0 aromatic rings. The van der Waals surface area contributed by atoms with E-state index in [1.807, 2.05) is 52.3 Å². The van der Waals surface area contributed by atoms with Gasteiger partial charge < -0.3 is 5.32 Å². The van der Waals surface area contributed by atoms with Crippen LogP contribution in [0.15, 0.2) is 40.2 Å². The monoisotopic (exact) mass is 192 g/mol. The van der Waals surface area contributed by atoms with Crippen molar-refractivity contribution in [2.45, 2.75) is 27.7 Å². The largest absolute Gasteiger partial charge is 0.388 e. The van der Waals surface area contributed by atoms with Gasteiger partial charge in [0.2, 0.25) is 0 Å². The smallest absolute Gasteiger partial charge is 0.0679 e. The Morgan fingerprint density at radius 1 is 1.43 bits per heavy atom. The van der Waals surface area contributed by atoms with Crippen LogP contribution in [0.1, 0.15) is 27.7 Å². The zero-order valence-corrected chi connectivity index (χ0v) is 9.76. The van der Waals surface area contributed by atoms with Crippen molar-refractivity contribution in [3.8, 4) is 0 Å². The lowest BCUT2D eigenvalue weighted by atomic mass is 10.2. The van der Waals surface area contributed by atoms with E-state index in [-0.39, 0.29) is 0 Å². The van der Waals surface area contributed by atoms with Crippen molar-refractivity contribution in [1.82, 2.24) is 5.32 Å². The summed E-state index contributed by atoms with van der Waals surface area (Å²) in [6.07, 6.45) is 7.89. The van der Waals surface area contributed by atoms with E-state index in [1.54, 1.807) is 0 Å². The standard InChI is InChI=1S/C10H14N2.C2H6/c1-4-9(11-3)7-10-8(2)5-6-12-10;1-2/h4-7,11H,1-3H3;1-2H3/b9-4+,10-7-;. The SMILES string of the molecule is C/C=C(\C=C1/N=CC=C1C)NC.CC. The molecule has 0 saturated carbocycles. The van der Waals surface area contributed by atoms with Crippen molar-refractivity contribution in [1.29, 1.82) is 0 Å². The van der Waals surface area contributed by atoms with Crippen molar-refractivity contribution in [2.24, 2.45) is 4.99 Å². The highest BCUT2D eigenvalue weighted by Gasteiger charge is 2.01. The van der Waals surface area contributed by atoms with E-state index < -0.39 is 0 Å². The van der Waals surface area contributed by atoms with Crippen LogP contribution in [0.25, 0.3) is 0 Å². The molecule has 78 valence electrons. The van der Waals surface area contributed by atoms with E-state index in [4.69, 9.17) is 0 Å². The zero-order valence-electron chi connectivity index (χ0n) is 9.76. The van der Waals surface area contributed by atoms with Gasteiger partial charge in [-0.15, -0.1) is 0 Å². The number of rotatable bonds is 2. The second-order valence-electron chi connectivity index (χ2n) is 2.65. The van der Waals surface area contributed by atoms with Crippen LogP contribution in [-0.2, 0) is 0 Å². The lowest BCUT2D eigenvalue weighted by Crippen LogP contribution is -2.02. The van der Waals surface area contributed by atoms with Gasteiger partial charge in [0, 0.05) is 19.0 Å². The highest BCUT2D eigenvalue weighted by atomic mass is 14.8. The van der Waals surface area contributed by atoms with Crippen LogP contribution in [0.5, 0.6) is 0 Å². The highest BCUT2D eigenvalue weighted by Crippen LogP contribution is 2.16. The summed E-state index contributed by atoms with van der Waals surface area (Å²) >= 11 is 0. The van der Waals surface area contributed by atoms with Crippen LogP contribution in [-0.4, -0.2) is 13.3 Å². The maximum absolute atomic E-state index is 4.22. The third-order valence-corrected chi connectivity index (χ3v) is 1.83. The van der Waals surface area contributed by atoms with Crippen LogP contribution in [0, 0.1) is 0 Å². The van der Waals surface area contributed by atoms with E-state index in [0.717, 1.165) is 11.4 Å². The Bertz CT molecular complexity index is 281. The molecule has 0 fully saturated rings. The summed E-state index contributed by atoms with van der Waals surface area (Å²) in [6.45, 7) is 8.06. The number of likely N-dealkylation sites (N-methyl/N-ethyl adjacent to an activating group) is 1. The second-order valence-corrected chi connectivity index (χ2v) is 2.65. The third-order valence-electron chi connectivity index (χ3n) is 1.83. The number of hydrogen-bond donors (Lipinski definition) is 1. The molecule has 1 rings (SSSR count). The van der Waals surface area contributed by atoms with Crippen molar-refractivity contribution >= 4 is 6.21 Å². The Labute approximate surface area is 87.1 Å². The molecule has 0 atom stereocenters. The lowest BCUT2D eigenvalue weighted by Gasteiger charge is -2.01. The van der Waals surface area contributed by atoms with Crippen LogP contribution in [0.2, 0.25) is 0 Å². The Morgan fingerprint density at radius 2 is 2.07 bits per heavy atom. The van der Waals surface area contributed by atoms with Gasteiger partial charge in [0.05, 0.1) is 5.70 Å². The molecule has 1 aliphatic heterocycles. The van der Waals surface area contributed by atoms with E-state index in [2.05, 4.69) is 17.2 Å². The van der Waals surface area contributed by atoms with E-state index >= 15 is 0 Å². The molecule has 14 heavy (non-hydrogen) atoms. The van der Waals surface area contributed by atoms with E-state index in [0.29, 0.717) is 0 Å². The predicted octanol–water partition coefficient (Wildman–Crippen LogP) is 3.05. The molecular formula is C12H20N2. The van der Waals surface area contributed by atoms with Gasteiger partial charge in [-0.2, -0.15) is 0 Å². The number of aliphatic imine (C=N–C) groups is 1. The molecule has 0 aromatic carbocycles. The number of hydrogen-bond acceptors (Lipinski definition) is 2. The summed E-state index contributed by atoms with van der Waals surface area (Å²) < 4.78 is 0. The molecule has 1 heterocycles. The Kier molecular flexibility index (Phi) is 6.46. The van der Waals surface area contributed by atoms with E-state index in [1.165, 1.54) is 5.57 Å². The Balaban J connectivity index is 0.000000791. The molecule has 0 radical (unpaired) electrons. The molecule has 0 amide bonds. The summed E-state index contributed by atoms with van der Waals surface area (Å²) in [6, 6.07) is 0. The zero-order chi connectivity index (χ0) is 11.0. The predicted molar refractivity (Wildman–Crippen MR) is 64.5 cm³/mol. The van der Waals surface area contributed by atoms with Crippen LogP contribution in [0.4, 0.5) is 0 Å². The summed E-state index contributed by atoms with van der Waals surface area (Å²) in [5.41, 5.74) is 3.35. The van der Waals surface area contributed by atoms with Gasteiger partial charge in [0.1, 0.15) is 0 Å². The van der Waals surface area contributed by atoms with E-state index in [9.17, 15) is 0 Å². The van der Waals surface area contributed by atoms with Gasteiger partial charge in [-0.3, -0.25) is 4.99 Å². The Hall–Kier alpha value is -1.31. The molecule has 1 aliphatic rings. The van der Waals surface area contributed by atoms with Crippen molar-refractivity contribution < 1.29 is 0 Å². The normalized spacial score (nSPS) is 17.6. The molecule has 0 unspecified atom stereocenters. The third kappa shape index (κ3) is 3.60. The molecule has 1 N–H and O–H groups in total. The molecule has 0 bridgehead atoms. The lowest BCUT2D eigenvalue weighted by molar-refractivity contribution is 1.02. The average Bonchev–Trinajstić information content (AvgIpc) is 2.63. The first-order valence-electron chi connectivity index (χ1n) is 5.05. The van der Waals surface area contributed by atoms with Crippen molar-refractivity contribution in [3.63, 3.8) is 0 Å². The molecule has 2 heteroatoms. The second kappa shape index (κ2) is 7.13. The maximum atomic E-state index is 4.22. The van der Waals surface area contributed by atoms with Crippen LogP contribution < -0.4 is 5.32 Å². The molecular weight excluding hydrogens is 172 g/mol. The van der Waals surface area contributed by atoms with Crippen molar-refractivity contribution in [3.05, 3.63) is 35.2 Å². The van der Waals surface area contributed by atoms with Gasteiger partial charge in [-0.05, 0) is 31.6 Å². The number of nitrogens with one attached hydrogen (secondary N) is 1. The molecule has 0 aliphatic carbocycles. The molecule has 0 aromatic heterocycles. The van der Waals surface area contributed by atoms with Crippen molar-refractivity contribution in [2.75, 3.05) is 7.05 Å². The topological polar surface area (TPSA) is 24.4 Å². The molecule has 0 spiro atoms. The van der Waals surface area contributed by atoms with Gasteiger partial charge in [-0.1, -0.05) is 19.9 Å². The first kappa shape index (κ1) is 12.7. The van der Waals surface area contributed by atoms with Gasteiger partial charge in [0.15, 0.2) is 0 Å². The summed E-state index contributed by atoms with van der Waals surface area (Å²) in [5, 5.41) is 3.08. The van der Waals surface area contributed by atoms with Gasteiger partial charge in [0.25, 0.3) is 0 Å². The van der Waals surface area contributed by atoms with Crippen LogP contribution in [0.3, 0.4) is 0 Å². The fourth-order valence-corrected chi connectivity index (χ4v) is 1.01. The highest BCUT2D eigenvalue weighted by molar-refractivity contribution is 5.79. The van der Waals surface area contributed by atoms with Crippen LogP contribution >= 0.6 is 0 Å². The Morgan fingerprint density at radius 3 is 2.43 bits per heavy atom. The summed E-state index contributed by atoms with van der Waals surface area (Å²) in [5.74, 6) is 0. The fourth-order valence-electron chi connectivity index (χ4n) is 1.01. The average molecular weight is 192 g/mol. The number of allylic oxidation sites excluding steroid dienone is 4. The maximum Gasteiger partial charge on any atom is 0.0679 e. The first-order chi connectivity index (χ1) is 6.77. The minimum absolute atomic E-state index is 1.04. The molecule has 2 nitrogen and oxygen atoms in total. The molecule has 0 saturated heterocycles. The minimum Gasteiger partial charge on any atom is -0.388 e. The summed E-state index contributed by atoms with van der Waals surface area (Å²) in [7, 11) is 1.91. The minimum atomic E-state index is 1.04. The number of nitrogens with zero attached hydrogens (tertiary/aromatic N) is 1. The quantitative estimate of drug-likeness (QED) is 0.714.